The summed E-state index contributed by atoms with van der Waals surface area (Å²) in [5.74, 6) is -0.0454. The highest BCUT2D eigenvalue weighted by molar-refractivity contribution is 5.94. The Morgan fingerprint density at radius 1 is 1.35 bits per heavy atom. The number of rotatable bonds is 5. The summed E-state index contributed by atoms with van der Waals surface area (Å²) in [6, 6.07) is 7.64. The van der Waals surface area contributed by atoms with Gasteiger partial charge in [0, 0.05) is 37.9 Å². The third kappa shape index (κ3) is 4.44. The van der Waals surface area contributed by atoms with Gasteiger partial charge in [0.1, 0.15) is 0 Å². The molecule has 4 heteroatoms. The molecular formula is C13H21N3O. The van der Waals surface area contributed by atoms with Gasteiger partial charge in [-0.3, -0.25) is 4.79 Å². The van der Waals surface area contributed by atoms with Crippen molar-refractivity contribution >= 4 is 11.6 Å². The van der Waals surface area contributed by atoms with Crippen LogP contribution >= 0.6 is 0 Å². The highest BCUT2D eigenvalue weighted by Gasteiger charge is 2.05. The summed E-state index contributed by atoms with van der Waals surface area (Å²) >= 11 is 0. The maximum absolute atomic E-state index is 11.7. The van der Waals surface area contributed by atoms with Crippen LogP contribution in [0, 0.1) is 0 Å². The van der Waals surface area contributed by atoms with E-state index in [4.69, 9.17) is 5.73 Å². The van der Waals surface area contributed by atoms with E-state index >= 15 is 0 Å². The molecule has 1 rings (SSSR count). The summed E-state index contributed by atoms with van der Waals surface area (Å²) in [6.45, 7) is 2.55. The number of amides is 1. The lowest BCUT2D eigenvalue weighted by atomic mass is 10.2. The Bertz CT molecular complexity index is 357. The minimum Gasteiger partial charge on any atom is -0.378 e. The van der Waals surface area contributed by atoms with E-state index in [1.165, 1.54) is 0 Å². The number of carbonyl (C=O) groups excluding carboxylic acids is 1. The van der Waals surface area contributed by atoms with E-state index in [1.807, 2.05) is 50.2 Å². The van der Waals surface area contributed by atoms with E-state index in [0.29, 0.717) is 12.1 Å². The van der Waals surface area contributed by atoms with Gasteiger partial charge in [-0.05, 0) is 37.6 Å². The van der Waals surface area contributed by atoms with Crippen LogP contribution < -0.4 is 16.0 Å². The van der Waals surface area contributed by atoms with Crippen molar-refractivity contribution in [3.63, 3.8) is 0 Å². The summed E-state index contributed by atoms with van der Waals surface area (Å²) in [6.07, 6.45) is 0.793. The summed E-state index contributed by atoms with van der Waals surface area (Å²) in [5.41, 5.74) is 7.38. The lowest BCUT2D eigenvalue weighted by molar-refractivity contribution is 0.0953. The molecule has 94 valence electrons. The highest BCUT2D eigenvalue weighted by Crippen LogP contribution is 2.11. The average molecular weight is 235 g/mol. The number of anilines is 1. The number of nitrogens with one attached hydrogen (secondary N) is 1. The second-order valence-corrected chi connectivity index (χ2v) is 4.46. The first kappa shape index (κ1) is 13.5. The standard InChI is InChI=1S/C13H21N3O/c1-10(14)8-9-15-13(17)11-4-6-12(7-5-11)16(2)3/h4-7,10H,8-9,14H2,1-3H3,(H,15,17). The van der Waals surface area contributed by atoms with Crippen molar-refractivity contribution < 1.29 is 4.79 Å². The molecule has 0 spiro atoms. The minimum atomic E-state index is -0.0454. The largest absolute Gasteiger partial charge is 0.378 e. The fraction of sp³-hybridized carbons (Fsp3) is 0.462. The number of hydrogen-bond donors (Lipinski definition) is 2. The molecule has 1 aromatic rings. The minimum absolute atomic E-state index is 0.0454. The van der Waals surface area contributed by atoms with Gasteiger partial charge in [0.25, 0.3) is 5.91 Å². The number of nitrogens with two attached hydrogens (primary N) is 1. The fourth-order valence-corrected chi connectivity index (χ4v) is 1.43. The van der Waals surface area contributed by atoms with E-state index in [-0.39, 0.29) is 11.9 Å². The van der Waals surface area contributed by atoms with Crippen LogP contribution in [-0.4, -0.2) is 32.6 Å². The third-order valence-electron chi connectivity index (χ3n) is 2.53. The molecule has 1 atom stereocenters. The highest BCUT2D eigenvalue weighted by atomic mass is 16.1. The van der Waals surface area contributed by atoms with Crippen LogP contribution in [0.4, 0.5) is 5.69 Å². The van der Waals surface area contributed by atoms with Gasteiger partial charge in [0.15, 0.2) is 0 Å². The van der Waals surface area contributed by atoms with Crippen molar-refractivity contribution in [1.29, 1.82) is 0 Å². The number of carbonyl (C=O) groups is 1. The Kier molecular flexibility index (Phi) is 4.97. The van der Waals surface area contributed by atoms with E-state index in [2.05, 4.69) is 5.32 Å². The van der Waals surface area contributed by atoms with E-state index in [0.717, 1.165) is 12.1 Å². The van der Waals surface area contributed by atoms with Crippen LogP contribution in [-0.2, 0) is 0 Å². The Morgan fingerprint density at radius 3 is 2.41 bits per heavy atom. The summed E-state index contributed by atoms with van der Waals surface area (Å²) in [5, 5.41) is 2.85. The molecule has 0 radical (unpaired) electrons. The van der Waals surface area contributed by atoms with Crippen LogP contribution in [0.15, 0.2) is 24.3 Å². The SMILES string of the molecule is CC(N)CCNC(=O)c1ccc(N(C)C)cc1. The summed E-state index contributed by atoms with van der Waals surface area (Å²) in [4.78, 5) is 13.7. The Morgan fingerprint density at radius 2 is 1.94 bits per heavy atom. The molecule has 1 unspecified atom stereocenters. The van der Waals surface area contributed by atoms with Gasteiger partial charge in [-0.25, -0.2) is 0 Å². The maximum atomic E-state index is 11.7. The van der Waals surface area contributed by atoms with Gasteiger partial charge >= 0.3 is 0 Å². The molecular weight excluding hydrogens is 214 g/mol. The summed E-state index contributed by atoms with van der Waals surface area (Å²) in [7, 11) is 3.94. The van der Waals surface area contributed by atoms with Crippen LogP contribution in [0.1, 0.15) is 23.7 Å². The second kappa shape index (κ2) is 6.25. The third-order valence-corrected chi connectivity index (χ3v) is 2.53. The van der Waals surface area contributed by atoms with Gasteiger partial charge in [0.05, 0.1) is 0 Å². The van der Waals surface area contributed by atoms with Crippen molar-refractivity contribution in [3.05, 3.63) is 29.8 Å². The molecule has 0 saturated carbocycles. The Labute approximate surface area is 103 Å². The Balaban J connectivity index is 2.52. The normalized spacial score (nSPS) is 12.0. The maximum Gasteiger partial charge on any atom is 0.251 e. The van der Waals surface area contributed by atoms with Gasteiger partial charge in [0.2, 0.25) is 0 Å². The van der Waals surface area contributed by atoms with Crippen LogP contribution in [0.3, 0.4) is 0 Å². The van der Waals surface area contributed by atoms with Crippen molar-refractivity contribution in [1.82, 2.24) is 5.32 Å². The zero-order valence-electron chi connectivity index (χ0n) is 10.7. The van der Waals surface area contributed by atoms with Crippen LogP contribution in [0.5, 0.6) is 0 Å². The predicted molar refractivity (Wildman–Crippen MR) is 71.4 cm³/mol. The number of hydrogen-bond acceptors (Lipinski definition) is 3. The zero-order chi connectivity index (χ0) is 12.8. The molecule has 0 aliphatic rings. The second-order valence-electron chi connectivity index (χ2n) is 4.46. The predicted octanol–water partition coefficient (Wildman–Crippen LogP) is 1.22. The zero-order valence-corrected chi connectivity index (χ0v) is 10.7. The Hall–Kier alpha value is -1.55. The molecule has 4 nitrogen and oxygen atoms in total. The average Bonchev–Trinajstić information content (AvgIpc) is 2.28. The van der Waals surface area contributed by atoms with Gasteiger partial charge in [-0.2, -0.15) is 0 Å². The number of nitrogens with zero attached hydrogens (tertiary/aromatic N) is 1. The summed E-state index contributed by atoms with van der Waals surface area (Å²) < 4.78 is 0. The topological polar surface area (TPSA) is 58.4 Å². The van der Waals surface area contributed by atoms with E-state index < -0.39 is 0 Å². The van der Waals surface area contributed by atoms with Crippen LogP contribution in [0.25, 0.3) is 0 Å². The van der Waals surface area contributed by atoms with Gasteiger partial charge < -0.3 is 16.0 Å². The first-order valence-electron chi connectivity index (χ1n) is 5.82. The molecule has 17 heavy (non-hydrogen) atoms. The molecule has 0 aliphatic heterocycles. The van der Waals surface area contributed by atoms with Gasteiger partial charge in [-0.15, -0.1) is 0 Å². The van der Waals surface area contributed by atoms with Gasteiger partial charge in [-0.1, -0.05) is 0 Å². The monoisotopic (exact) mass is 235 g/mol. The molecule has 0 bridgehead atoms. The van der Waals surface area contributed by atoms with Crippen LogP contribution in [0.2, 0.25) is 0 Å². The molecule has 0 fully saturated rings. The molecule has 1 aromatic carbocycles. The fourth-order valence-electron chi connectivity index (χ4n) is 1.43. The lowest BCUT2D eigenvalue weighted by Gasteiger charge is -2.12. The smallest absolute Gasteiger partial charge is 0.251 e. The van der Waals surface area contributed by atoms with Crippen molar-refractivity contribution in [2.24, 2.45) is 5.73 Å². The quantitative estimate of drug-likeness (QED) is 0.806. The molecule has 0 aromatic heterocycles. The molecule has 0 aliphatic carbocycles. The van der Waals surface area contributed by atoms with Crippen molar-refractivity contribution in [3.8, 4) is 0 Å². The molecule has 0 saturated heterocycles. The van der Waals surface area contributed by atoms with E-state index in [1.54, 1.807) is 0 Å². The first-order valence-corrected chi connectivity index (χ1v) is 5.82. The lowest BCUT2D eigenvalue weighted by Crippen LogP contribution is -2.28. The van der Waals surface area contributed by atoms with E-state index in [9.17, 15) is 4.79 Å². The molecule has 0 heterocycles. The molecule has 1 amide bonds. The molecule has 3 N–H and O–H groups in total. The van der Waals surface area contributed by atoms with Crippen molar-refractivity contribution in [2.45, 2.75) is 19.4 Å². The van der Waals surface area contributed by atoms with Crippen molar-refractivity contribution in [2.75, 3.05) is 25.5 Å². The first-order chi connectivity index (χ1) is 8.00. The number of benzene rings is 1.